The van der Waals surface area contributed by atoms with Crippen molar-refractivity contribution in [2.24, 2.45) is 5.41 Å². The number of Topliss-reactive ketones (excluding diaryl/α,β-unsaturated/α-hetero) is 1. The highest BCUT2D eigenvalue weighted by atomic mass is 79.9. The molecular weight excluding hydrogens is 348 g/mol. The monoisotopic (exact) mass is 366 g/mol. The zero-order valence-corrected chi connectivity index (χ0v) is 14.7. The highest BCUT2D eigenvalue weighted by molar-refractivity contribution is 9.10. The van der Waals surface area contributed by atoms with E-state index in [0.717, 1.165) is 9.37 Å². The number of carbonyl (C=O) groups is 3. The molecule has 1 aliphatic rings. The van der Waals surface area contributed by atoms with Gasteiger partial charge in [-0.25, -0.2) is 4.79 Å². The first kappa shape index (κ1) is 16.7. The third-order valence-corrected chi connectivity index (χ3v) is 4.36. The van der Waals surface area contributed by atoms with Gasteiger partial charge in [0.25, 0.3) is 5.91 Å². The van der Waals surface area contributed by atoms with Crippen molar-refractivity contribution in [1.29, 1.82) is 0 Å². The summed E-state index contributed by atoms with van der Waals surface area (Å²) in [6, 6.07) is 6.63. The second-order valence-corrected chi connectivity index (χ2v) is 7.54. The van der Waals surface area contributed by atoms with E-state index in [9.17, 15) is 14.4 Å². The fourth-order valence-electron chi connectivity index (χ4n) is 2.20. The van der Waals surface area contributed by atoms with Crippen molar-refractivity contribution in [3.63, 3.8) is 0 Å². The van der Waals surface area contributed by atoms with E-state index in [0.29, 0.717) is 5.56 Å². The van der Waals surface area contributed by atoms with Crippen molar-refractivity contribution < 1.29 is 14.4 Å². The molecule has 118 valence electrons. The van der Waals surface area contributed by atoms with E-state index in [-0.39, 0.29) is 12.3 Å². The number of amides is 3. The van der Waals surface area contributed by atoms with Gasteiger partial charge in [-0.1, -0.05) is 48.8 Å². The molecule has 1 saturated heterocycles. The Morgan fingerprint density at radius 2 is 1.77 bits per heavy atom. The summed E-state index contributed by atoms with van der Waals surface area (Å²) in [5, 5.41) is 2.69. The van der Waals surface area contributed by atoms with E-state index < -0.39 is 22.9 Å². The molecular formula is C16H19BrN2O3. The molecule has 1 aromatic carbocycles. The molecule has 22 heavy (non-hydrogen) atoms. The molecule has 1 heterocycles. The van der Waals surface area contributed by atoms with Crippen LogP contribution in [-0.2, 0) is 15.1 Å². The van der Waals surface area contributed by atoms with Crippen LogP contribution in [0, 0.1) is 5.41 Å². The van der Waals surface area contributed by atoms with Crippen molar-refractivity contribution in [2.75, 3.05) is 6.54 Å². The molecule has 0 spiro atoms. The van der Waals surface area contributed by atoms with Crippen molar-refractivity contribution in [2.45, 2.75) is 33.2 Å². The van der Waals surface area contributed by atoms with Crippen LogP contribution in [0.2, 0.25) is 0 Å². The molecule has 0 radical (unpaired) electrons. The molecule has 1 aromatic rings. The van der Waals surface area contributed by atoms with Gasteiger partial charge in [0.2, 0.25) is 0 Å². The zero-order chi connectivity index (χ0) is 16.7. The molecule has 5 nitrogen and oxygen atoms in total. The largest absolute Gasteiger partial charge is 0.325 e. The van der Waals surface area contributed by atoms with E-state index in [2.05, 4.69) is 21.2 Å². The Labute approximate surface area is 138 Å². The van der Waals surface area contributed by atoms with E-state index >= 15 is 0 Å². The number of hydrogen-bond acceptors (Lipinski definition) is 3. The second kappa shape index (κ2) is 5.50. The maximum Gasteiger partial charge on any atom is 0.325 e. The lowest BCUT2D eigenvalue weighted by Gasteiger charge is -2.23. The second-order valence-electron chi connectivity index (χ2n) is 6.63. The molecule has 1 N–H and O–H groups in total. The van der Waals surface area contributed by atoms with E-state index in [1.54, 1.807) is 39.8 Å². The SMILES string of the molecule is CC(C)(C)C(=O)CN1C(=O)N[C@](C)(c2ccc(Br)cc2)C1=O. The Kier molecular flexibility index (Phi) is 4.17. The number of urea groups is 1. The summed E-state index contributed by atoms with van der Waals surface area (Å²) in [4.78, 5) is 37.9. The van der Waals surface area contributed by atoms with Crippen molar-refractivity contribution >= 4 is 33.7 Å². The molecule has 0 aromatic heterocycles. The van der Waals surface area contributed by atoms with Gasteiger partial charge in [-0.15, -0.1) is 0 Å². The highest BCUT2D eigenvalue weighted by Crippen LogP contribution is 2.30. The van der Waals surface area contributed by atoms with Gasteiger partial charge in [-0.3, -0.25) is 14.5 Å². The van der Waals surface area contributed by atoms with Crippen LogP contribution in [0.25, 0.3) is 0 Å². The Balaban J connectivity index is 2.28. The number of nitrogens with zero attached hydrogens (tertiary/aromatic N) is 1. The molecule has 2 rings (SSSR count). The van der Waals surface area contributed by atoms with Crippen molar-refractivity contribution in [1.82, 2.24) is 10.2 Å². The lowest BCUT2D eigenvalue weighted by molar-refractivity contribution is -0.136. The summed E-state index contributed by atoms with van der Waals surface area (Å²) in [5.41, 5.74) is -1.06. The normalized spacial score (nSPS) is 22.0. The maximum absolute atomic E-state index is 12.7. The minimum Gasteiger partial charge on any atom is -0.319 e. The number of hydrogen-bond donors (Lipinski definition) is 1. The topological polar surface area (TPSA) is 66.5 Å². The number of halogens is 1. The predicted octanol–water partition coefficient (Wildman–Crippen LogP) is 2.83. The van der Waals surface area contributed by atoms with Gasteiger partial charge in [0.1, 0.15) is 5.54 Å². The summed E-state index contributed by atoms with van der Waals surface area (Å²) < 4.78 is 0.886. The molecule has 0 saturated carbocycles. The van der Waals surface area contributed by atoms with E-state index in [1.807, 2.05) is 12.1 Å². The maximum atomic E-state index is 12.7. The summed E-state index contributed by atoms with van der Waals surface area (Å²) >= 11 is 3.34. The van der Waals surface area contributed by atoms with Gasteiger partial charge in [-0.2, -0.15) is 0 Å². The third kappa shape index (κ3) is 2.92. The summed E-state index contributed by atoms with van der Waals surface area (Å²) in [7, 11) is 0. The quantitative estimate of drug-likeness (QED) is 0.836. The van der Waals surface area contributed by atoms with Crippen LogP contribution in [0.5, 0.6) is 0 Å². The molecule has 3 amide bonds. The third-order valence-electron chi connectivity index (χ3n) is 3.83. The minimum absolute atomic E-state index is 0.156. The standard InChI is InChI=1S/C16H19BrN2O3/c1-15(2,3)12(20)9-19-13(21)16(4,18-14(19)22)10-5-7-11(17)8-6-10/h5-8H,9H2,1-4H3,(H,18,22)/t16-/m1/s1. The molecule has 0 bridgehead atoms. The molecule has 0 unspecified atom stereocenters. The molecule has 1 fully saturated rings. The van der Waals surface area contributed by atoms with Crippen LogP contribution in [0.15, 0.2) is 28.7 Å². The van der Waals surface area contributed by atoms with Crippen molar-refractivity contribution in [3.8, 4) is 0 Å². The van der Waals surface area contributed by atoms with Gasteiger partial charge < -0.3 is 5.32 Å². The van der Waals surface area contributed by atoms with Crippen LogP contribution in [-0.4, -0.2) is 29.2 Å². The first-order chi connectivity index (χ1) is 10.1. The Morgan fingerprint density at radius 1 is 1.23 bits per heavy atom. The average Bonchev–Trinajstić information content (AvgIpc) is 2.63. The highest BCUT2D eigenvalue weighted by Gasteiger charge is 2.49. The Hall–Kier alpha value is -1.69. The number of imide groups is 1. The summed E-state index contributed by atoms with van der Waals surface area (Å²) in [6.45, 7) is 6.74. The molecule has 1 atom stereocenters. The van der Waals surface area contributed by atoms with Crippen LogP contribution in [0.1, 0.15) is 33.3 Å². The zero-order valence-electron chi connectivity index (χ0n) is 13.1. The molecule has 6 heteroatoms. The summed E-state index contributed by atoms with van der Waals surface area (Å²) in [5.74, 6) is -0.562. The molecule has 1 aliphatic heterocycles. The lowest BCUT2D eigenvalue weighted by atomic mass is 9.89. The Morgan fingerprint density at radius 3 is 2.27 bits per heavy atom. The fourth-order valence-corrected chi connectivity index (χ4v) is 2.46. The van der Waals surface area contributed by atoms with Gasteiger partial charge in [0.15, 0.2) is 5.78 Å². The van der Waals surface area contributed by atoms with Crippen molar-refractivity contribution in [3.05, 3.63) is 34.3 Å². The number of benzene rings is 1. The molecule has 0 aliphatic carbocycles. The average molecular weight is 367 g/mol. The van der Waals surface area contributed by atoms with Crippen LogP contribution in [0.3, 0.4) is 0 Å². The Bertz CT molecular complexity index is 634. The van der Waals surface area contributed by atoms with Gasteiger partial charge in [0, 0.05) is 9.89 Å². The van der Waals surface area contributed by atoms with E-state index in [1.165, 1.54) is 0 Å². The number of nitrogens with one attached hydrogen (secondary N) is 1. The van der Waals surface area contributed by atoms with Crippen LogP contribution >= 0.6 is 15.9 Å². The summed E-state index contributed by atoms with van der Waals surface area (Å²) in [6.07, 6.45) is 0. The minimum atomic E-state index is -1.14. The predicted molar refractivity (Wildman–Crippen MR) is 86.2 cm³/mol. The first-order valence-electron chi connectivity index (χ1n) is 6.99. The fraction of sp³-hybridized carbons (Fsp3) is 0.438. The smallest absolute Gasteiger partial charge is 0.319 e. The van der Waals surface area contributed by atoms with Crippen LogP contribution < -0.4 is 5.32 Å². The first-order valence-corrected chi connectivity index (χ1v) is 7.78. The number of rotatable bonds is 3. The van der Waals surface area contributed by atoms with Gasteiger partial charge >= 0.3 is 6.03 Å². The van der Waals surface area contributed by atoms with Gasteiger partial charge in [-0.05, 0) is 24.6 Å². The van der Waals surface area contributed by atoms with Crippen LogP contribution in [0.4, 0.5) is 4.79 Å². The number of carbonyl (C=O) groups excluding carboxylic acids is 3. The lowest BCUT2D eigenvalue weighted by Crippen LogP contribution is -2.42. The van der Waals surface area contributed by atoms with E-state index in [4.69, 9.17) is 0 Å². The number of ketones is 1. The van der Waals surface area contributed by atoms with Gasteiger partial charge in [0.05, 0.1) is 6.54 Å².